The molecular formula is C19H18N6. The minimum atomic E-state index is 0.383. The lowest BCUT2D eigenvalue weighted by molar-refractivity contribution is 0.867. The van der Waals surface area contributed by atoms with Crippen molar-refractivity contribution in [2.24, 2.45) is 0 Å². The molecule has 0 bridgehead atoms. The molecule has 25 heavy (non-hydrogen) atoms. The number of aromatic nitrogens is 3. The number of nitriles is 1. The summed E-state index contributed by atoms with van der Waals surface area (Å²) in [4.78, 5) is 4.40. The quantitative estimate of drug-likeness (QED) is 0.723. The van der Waals surface area contributed by atoms with E-state index in [0.717, 1.165) is 11.4 Å². The van der Waals surface area contributed by atoms with Crippen LogP contribution >= 0.6 is 0 Å². The molecule has 6 heteroatoms. The van der Waals surface area contributed by atoms with E-state index in [2.05, 4.69) is 57.9 Å². The molecule has 124 valence electrons. The van der Waals surface area contributed by atoms with Crippen LogP contribution < -0.4 is 10.6 Å². The summed E-state index contributed by atoms with van der Waals surface area (Å²) in [5.74, 6) is 1.48. The summed E-state index contributed by atoms with van der Waals surface area (Å²) in [5.41, 5.74) is 3.62. The zero-order valence-corrected chi connectivity index (χ0v) is 14.1. The highest BCUT2D eigenvalue weighted by atomic mass is 15.3. The molecule has 0 amide bonds. The van der Waals surface area contributed by atoms with Gasteiger partial charge in [-0.1, -0.05) is 26.0 Å². The summed E-state index contributed by atoms with van der Waals surface area (Å²) in [7, 11) is 0. The Morgan fingerprint density at radius 2 is 1.56 bits per heavy atom. The normalized spacial score (nSPS) is 10.3. The van der Waals surface area contributed by atoms with Crippen molar-refractivity contribution in [2.45, 2.75) is 19.8 Å². The molecule has 0 spiro atoms. The molecule has 2 N–H and O–H groups in total. The molecular weight excluding hydrogens is 312 g/mol. The Balaban J connectivity index is 1.71. The smallest absolute Gasteiger partial charge is 0.249 e. The molecule has 1 aromatic heterocycles. The third kappa shape index (κ3) is 4.30. The second-order valence-corrected chi connectivity index (χ2v) is 5.88. The first-order valence-corrected chi connectivity index (χ1v) is 7.98. The highest BCUT2D eigenvalue weighted by molar-refractivity contribution is 5.59. The highest BCUT2D eigenvalue weighted by Crippen LogP contribution is 2.20. The average Bonchev–Trinajstić information content (AvgIpc) is 2.63. The average molecular weight is 330 g/mol. The van der Waals surface area contributed by atoms with Crippen LogP contribution in [0.2, 0.25) is 0 Å². The molecule has 0 atom stereocenters. The Hall–Kier alpha value is -3.46. The minimum Gasteiger partial charge on any atom is -0.339 e. The van der Waals surface area contributed by atoms with Crippen LogP contribution in [-0.4, -0.2) is 15.2 Å². The summed E-state index contributed by atoms with van der Waals surface area (Å²) in [5, 5.41) is 23.1. The topological polar surface area (TPSA) is 86.5 Å². The Labute approximate surface area is 146 Å². The fraction of sp³-hybridized carbons (Fsp3) is 0.158. The first kappa shape index (κ1) is 16.4. The lowest BCUT2D eigenvalue weighted by Crippen LogP contribution is -2.02. The Morgan fingerprint density at radius 1 is 0.920 bits per heavy atom. The van der Waals surface area contributed by atoms with Gasteiger partial charge in [-0.25, -0.2) is 0 Å². The highest BCUT2D eigenvalue weighted by Gasteiger charge is 2.03. The van der Waals surface area contributed by atoms with Crippen molar-refractivity contribution in [1.82, 2.24) is 15.2 Å². The Bertz CT molecular complexity index is 879. The van der Waals surface area contributed by atoms with Gasteiger partial charge in [0.2, 0.25) is 5.95 Å². The standard InChI is InChI=1S/C19H18N6/c1-13(2)15-5-9-16(10-6-15)22-18-12-21-25-19(24-18)23-17-7-3-14(11-20)4-8-17/h3-10,12-13H,1-2H3,(H2,22,23,24,25). The van der Waals surface area contributed by atoms with E-state index in [9.17, 15) is 0 Å². The molecule has 0 saturated carbocycles. The largest absolute Gasteiger partial charge is 0.339 e. The molecule has 3 aromatic rings. The third-order valence-electron chi connectivity index (χ3n) is 3.68. The fourth-order valence-electron chi connectivity index (χ4n) is 2.27. The van der Waals surface area contributed by atoms with Crippen LogP contribution in [0.3, 0.4) is 0 Å². The first-order valence-electron chi connectivity index (χ1n) is 7.98. The maximum Gasteiger partial charge on any atom is 0.249 e. The molecule has 0 unspecified atom stereocenters. The van der Waals surface area contributed by atoms with Gasteiger partial charge in [0.05, 0.1) is 17.8 Å². The molecule has 0 saturated heterocycles. The van der Waals surface area contributed by atoms with Crippen molar-refractivity contribution in [3.63, 3.8) is 0 Å². The van der Waals surface area contributed by atoms with Gasteiger partial charge in [0, 0.05) is 11.4 Å². The van der Waals surface area contributed by atoms with E-state index >= 15 is 0 Å². The fourth-order valence-corrected chi connectivity index (χ4v) is 2.27. The summed E-state index contributed by atoms with van der Waals surface area (Å²) < 4.78 is 0. The second-order valence-electron chi connectivity index (χ2n) is 5.88. The zero-order chi connectivity index (χ0) is 17.6. The molecule has 0 radical (unpaired) electrons. The zero-order valence-electron chi connectivity index (χ0n) is 14.1. The van der Waals surface area contributed by atoms with Gasteiger partial charge >= 0.3 is 0 Å². The second kappa shape index (κ2) is 7.41. The predicted octanol–water partition coefficient (Wildman–Crippen LogP) is 4.35. The van der Waals surface area contributed by atoms with Gasteiger partial charge < -0.3 is 10.6 Å². The minimum absolute atomic E-state index is 0.383. The number of hydrogen-bond acceptors (Lipinski definition) is 6. The molecule has 0 fully saturated rings. The van der Waals surface area contributed by atoms with Crippen LogP contribution in [0, 0.1) is 11.3 Å². The van der Waals surface area contributed by atoms with Crippen molar-refractivity contribution in [3.05, 3.63) is 65.9 Å². The predicted molar refractivity (Wildman–Crippen MR) is 98.1 cm³/mol. The van der Waals surface area contributed by atoms with E-state index in [4.69, 9.17) is 5.26 Å². The Morgan fingerprint density at radius 3 is 2.20 bits per heavy atom. The number of nitrogens with zero attached hydrogens (tertiary/aromatic N) is 4. The number of nitrogens with one attached hydrogen (secondary N) is 2. The monoisotopic (exact) mass is 330 g/mol. The summed E-state index contributed by atoms with van der Waals surface area (Å²) in [6.07, 6.45) is 1.57. The van der Waals surface area contributed by atoms with Gasteiger partial charge in [-0.15, -0.1) is 5.10 Å². The van der Waals surface area contributed by atoms with Crippen LogP contribution in [0.15, 0.2) is 54.7 Å². The van der Waals surface area contributed by atoms with Crippen LogP contribution in [0.1, 0.15) is 30.9 Å². The van der Waals surface area contributed by atoms with Crippen molar-refractivity contribution in [3.8, 4) is 6.07 Å². The number of benzene rings is 2. The number of anilines is 4. The van der Waals surface area contributed by atoms with Crippen molar-refractivity contribution < 1.29 is 0 Å². The van der Waals surface area contributed by atoms with Crippen LogP contribution in [0.25, 0.3) is 0 Å². The lowest BCUT2D eigenvalue weighted by Gasteiger charge is -2.09. The van der Waals surface area contributed by atoms with E-state index in [-0.39, 0.29) is 0 Å². The van der Waals surface area contributed by atoms with Crippen molar-refractivity contribution >= 4 is 23.1 Å². The molecule has 2 aromatic carbocycles. The van der Waals surface area contributed by atoms with E-state index in [0.29, 0.717) is 23.2 Å². The molecule has 0 aliphatic rings. The van der Waals surface area contributed by atoms with E-state index in [1.54, 1.807) is 30.5 Å². The molecule has 0 aliphatic carbocycles. The number of hydrogen-bond donors (Lipinski definition) is 2. The SMILES string of the molecule is CC(C)c1ccc(Nc2cnnc(Nc3ccc(C#N)cc3)n2)cc1. The van der Waals surface area contributed by atoms with E-state index in [1.807, 2.05) is 12.1 Å². The van der Waals surface area contributed by atoms with Gasteiger partial charge in [-0.05, 0) is 47.9 Å². The van der Waals surface area contributed by atoms with Gasteiger partial charge in [0.15, 0.2) is 5.82 Å². The summed E-state index contributed by atoms with van der Waals surface area (Å²) in [6.45, 7) is 4.33. The van der Waals surface area contributed by atoms with Crippen molar-refractivity contribution in [1.29, 1.82) is 5.26 Å². The molecule has 0 aliphatic heterocycles. The summed E-state index contributed by atoms with van der Waals surface area (Å²) >= 11 is 0. The van der Waals surface area contributed by atoms with Crippen LogP contribution in [0.5, 0.6) is 0 Å². The van der Waals surface area contributed by atoms with Crippen LogP contribution in [-0.2, 0) is 0 Å². The third-order valence-corrected chi connectivity index (χ3v) is 3.68. The lowest BCUT2D eigenvalue weighted by atomic mass is 10.0. The number of rotatable bonds is 5. The molecule has 6 nitrogen and oxygen atoms in total. The molecule has 3 rings (SSSR count). The maximum absolute atomic E-state index is 8.83. The van der Waals surface area contributed by atoms with Gasteiger partial charge in [0.25, 0.3) is 0 Å². The first-order chi connectivity index (χ1) is 12.1. The van der Waals surface area contributed by atoms with Gasteiger partial charge in [0.1, 0.15) is 0 Å². The van der Waals surface area contributed by atoms with E-state index < -0.39 is 0 Å². The van der Waals surface area contributed by atoms with Gasteiger partial charge in [-0.2, -0.15) is 15.3 Å². The van der Waals surface area contributed by atoms with Gasteiger partial charge in [-0.3, -0.25) is 0 Å². The van der Waals surface area contributed by atoms with Crippen molar-refractivity contribution in [2.75, 3.05) is 10.6 Å². The maximum atomic E-state index is 8.83. The molecule has 1 heterocycles. The summed E-state index contributed by atoms with van der Waals surface area (Å²) in [6, 6.07) is 17.4. The van der Waals surface area contributed by atoms with E-state index in [1.165, 1.54) is 5.56 Å². The Kier molecular flexibility index (Phi) is 4.86. The van der Waals surface area contributed by atoms with Crippen LogP contribution in [0.4, 0.5) is 23.1 Å².